The second-order valence-electron chi connectivity index (χ2n) is 26.2. The van der Waals surface area contributed by atoms with Crippen molar-refractivity contribution in [2.45, 2.75) is 374 Å². The van der Waals surface area contributed by atoms with Crippen LogP contribution in [-0.4, -0.2) is 96.7 Å². The summed E-state index contributed by atoms with van der Waals surface area (Å²) in [6.45, 7) is 9.49. The van der Waals surface area contributed by atoms with Gasteiger partial charge in [0.25, 0.3) is 0 Å². The molecule has 528 valence electrons. The van der Waals surface area contributed by atoms with Crippen molar-refractivity contribution in [3.05, 3.63) is 0 Å². The molecule has 2 unspecified atom stereocenters. The van der Waals surface area contributed by atoms with Crippen LogP contribution in [0.15, 0.2) is 0 Å². The van der Waals surface area contributed by atoms with Gasteiger partial charge in [0, 0.05) is 25.7 Å². The molecule has 0 aliphatic heterocycles. The van der Waals surface area contributed by atoms with Crippen LogP contribution >= 0.6 is 15.6 Å². The minimum Gasteiger partial charge on any atom is -0.462 e. The summed E-state index contributed by atoms with van der Waals surface area (Å²) >= 11 is 0. The Morgan fingerprint density at radius 2 is 0.517 bits per heavy atom. The molecule has 0 aromatic heterocycles. The number of carbonyl (C=O) groups is 4. The molecule has 0 saturated heterocycles. The quantitative estimate of drug-likeness (QED) is 0.0222. The number of carbonyl (C=O) groups excluding carboxylic acids is 4. The Hall–Kier alpha value is -1.94. The van der Waals surface area contributed by atoms with Gasteiger partial charge in [-0.2, -0.15) is 0 Å². The van der Waals surface area contributed by atoms with Gasteiger partial charge >= 0.3 is 39.5 Å². The maximum absolute atomic E-state index is 13.0. The number of phosphoric ester groups is 2. The number of aliphatic hydroxyl groups excluding tert-OH is 1. The molecule has 19 heteroatoms. The van der Waals surface area contributed by atoms with E-state index in [1.54, 1.807) is 0 Å². The summed E-state index contributed by atoms with van der Waals surface area (Å²) in [5, 5.41) is 10.5. The van der Waals surface area contributed by atoms with Crippen molar-refractivity contribution in [3.63, 3.8) is 0 Å². The topological polar surface area (TPSA) is 237 Å². The third-order valence-electron chi connectivity index (χ3n) is 16.2. The van der Waals surface area contributed by atoms with Gasteiger partial charge in [-0.05, 0) is 37.5 Å². The summed E-state index contributed by atoms with van der Waals surface area (Å²) in [4.78, 5) is 72.2. The van der Waals surface area contributed by atoms with E-state index in [0.29, 0.717) is 25.7 Å². The number of rotatable bonds is 69. The zero-order valence-corrected chi connectivity index (χ0v) is 59.5. The Balaban J connectivity index is 5.13. The van der Waals surface area contributed by atoms with Gasteiger partial charge in [-0.15, -0.1) is 0 Å². The van der Waals surface area contributed by atoms with E-state index < -0.39 is 97.5 Å². The lowest BCUT2D eigenvalue weighted by molar-refractivity contribution is -0.161. The summed E-state index contributed by atoms with van der Waals surface area (Å²) in [5.74, 6) is -0.536. The normalized spacial score (nSPS) is 14.1. The minimum absolute atomic E-state index is 0.105. The van der Waals surface area contributed by atoms with E-state index in [9.17, 15) is 43.2 Å². The second kappa shape index (κ2) is 62.2. The van der Waals surface area contributed by atoms with E-state index >= 15 is 0 Å². The highest BCUT2D eigenvalue weighted by atomic mass is 31.2. The predicted octanol–water partition coefficient (Wildman–Crippen LogP) is 20.0. The van der Waals surface area contributed by atoms with Crippen molar-refractivity contribution in [1.29, 1.82) is 0 Å². The number of aliphatic hydroxyl groups is 1. The molecule has 0 rings (SSSR count). The summed E-state index contributed by atoms with van der Waals surface area (Å²) in [7, 11) is -9.89. The van der Waals surface area contributed by atoms with Crippen molar-refractivity contribution in [2.75, 3.05) is 39.6 Å². The molecule has 0 fully saturated rings. The van der Waals surface area contributed by atoms with Crippen LogP contribution in [-0.2, 0) is 65.4 Å². The van der Waals surface area contributed by atoms with Crippen LogP contribution in [0.3, 0.4) is 0 Å². The first kappa shape index (κ1) is 87.1. The molecule has 0 amide bonds. The van der Waals surface area contributed by atoms with E-state index in [2.05, 4.69) is 41.5 Å². The smallest absolute Gasteiger partial charge is 0.462 e. The fourth-order valence-corrected chi connectivity index (χ4v) is 12.2. The van der Waals surface area contributed by atoms with Crippen molar-refractivity contribution < 1.29 is 80.2 Å². The molecule has 17 nitrogen and oxygen atoms in total. The lowest BCUT2D eigenvalue weighted by Gasteiger charge is -2.21. The van der Waals surface area contributed by atoms with Gasteiger partial charge in [-0.3, -0.25) is 37.3 Å². The average molecular weight is 1310 g/mol. The second-order valence-corrected chi connectivity index (χ2v) is 29.1. The molecule has 0 spiro atoms. The van der Waals surface area contributed by atoms with Crippen LogP contribution in [0.25, 0.3) is 0 Å². The molecule has 0 heterocycles. The van der Waals surface area contributed by atoms with Gasteiger partial charge in [0.15, 0.2) is 12.2 Å². The Labute approximate surface area is 543 Å². The summed E-state index contributed by atoms with van der Waals surface area (Å²) in [6.07, 6.45) is 47.6. The maximum atomic E-state index is 13.0. The van der Waals surface area contributed by atoms with Crippen molar-refractivity contribution >= 4 is 39.5 Å². The summed E-state index contributed by atoms with van der Waals surface area (Å²) < 4.78 is 68.0. The lowest BCUT2D eigenvalue weighted by Crippen LogP contribution is -2.30. The minimum atomic E-state index is -4.95. The highest BCUT2D eigenvalue weighted by Crippen LogP contribution is 2.45. The van der Waals surface area contributed by atoms with Crippen molar-refractivity contribution in [2.24, 2.45) is 11.8 Å². The van der Waals surface area contributed by atoms with Crippen LogP contribution in [0.4, 0.5) is 0 Å². The molecule has 0 radical (unpaired) electrons. The van der Waals surface area contributed by atoms with Crippen LogP contribution < -0.4 is 0 Å². The first-order chi connectivity index (χ1) is 42.9. The standard InChI is InChI=1S/C70H136O17P2/c1-7-9-11-13-14-28-36-42-48-54-69(74)86-65(58-80-67(72)52-46-38-12-10-8-2)60-84-88(76,77)82-56-64(71)57-83-89(78,79)85-61-66(59-81-68(73)53-47-41-35-31-26-23-19-21-25-30-34-40-45-51-63(5)6)87-70(75)55-49-43-37-32-27-22-18-16-15-17-20-24-29-33-39-44-50-62(3)4/h62-66,71H,7-61H2,1-6H3,(H,76,77)(H,78,79)/t64-,65+,66+/m0/s1. The first-order valence-electron chi connectivity index (χ1n) is 36.5. The van der Waals surface area contributed by atoms with Gasteiger partial charge in [-0.25, -0.2) is 9.13 Å². The molecule has 89 heavy (non-hydrogen) atoms. The zero-order chi connectivity index (χ0) is 65.7. The van der Waals surface area contributed by atoms with E-state index in [4.69, 9.17) is 37.0 Å². The highest BCUT2D eigenvalue weighted by molar-refractivity contribution is 7.47. The Bertz CT molecular complexity index is 1730. The number of phosphoric acid groups is 2. The third-order valence-corrected chi connectivity index (χ3v) is 18.1. The zero-order valence-electron chi connectivity index (χ0n) is 57.7. The molecule has 0 aliphatic carbocycles. The van der Waals surface area contributed by atoms with Crippen LogP contribution in [0.5, 0.6) is 0 Å². The van der Waals surface area contributed by atoms with Gasteiger partial charge in [0.2, 0.25) is 0 Å². The van der Waals surface area contributed by atoms with Gasteiger partial charge in [0.05, 0.1) is 26.4 Å². The molecule has 0 bridgehead atoms. The summed E-state index contributed by atoms with van der Waals surface area (Å²) in [6, 6.07) is 0. The fourth-order valence-electron chi connectivity index (χ4n) is 10.6. The SMILES string of the molecule is CCCCCCCCCCCC(=O)O[C@H](COC(=O)CCCCCCC)COP(=O)(O)OC[C@H](O)COP(=O)(O)OC[C@@H](COC(=O)CCCCCCCCCCCCCCCC(C)C)OC(=O)CCCCCCCCCCCCCCCCCCC(C)C. The van der Waals surface area contributed by atoms with Crippen LogP contribution in [0.2, 0.25) is 0 Å². The highest BCUT2D eigenvalue weighted by Gasteiger charge is 2.30. The van der Waals surface area contributed by atoms with Gasteiger partial charge in [0.1, 0.15) is 19.3 Å². The molecule has 0 aliphatic rings. The largest absolute Gasteiger partial charge is 0.472 e. The number of hydrogen-bond donors (Lipinski definition) is 3. The first-order valence-corrected chi connectivity index (χ1v) is 39.5. The van der Waals surface area contributed by atoms with Crippen LogP contribution in [0.1, 0.15) is 356 Å². The molecule has 0 aromatic carbocycles. The molecule has 5 atom stereocenters. The average Bonchev–Trinajstić information content (AvgIpc) is 3.70. The molecular formula is C70H136O17P2. The van der Waals surface area contributed by atoms with Crippen LogP contribution in [0, 0.1) is 11.8 Å². The Kier molecular flexibility index (Phi) is 60.8. The van der Waals surface area contributed by atoms with Crippen molar-refractivity contribution in [1.82, 2.24) is 0 Å². The lowest BCUT2D eigenvalue weighted by atomic mass is 10.0. The molecule has 0 aromatic rings. The van der Waals surface area contributed by atoms with Gasteiger partial charge < -0.3 is 33.8 Å². The van der Waals surface area contributed by atoms with Gasteiger partial charge in [-0.1, -0.05) is 305 Å². The van der Waals surface area contributed by atoms with Crippen molar-refractivity contribution in [3.8, 4) is 0 Å². The fraction of sp³-hybridized carbons (Fsp3) is 0.943. The predicted molar refractivity (Wildman–Crippen MR) is 358 cm³/mol. The third kappa shape index (κ3) is 64.6. The molecule has 3 N–H and O–H groups in total. The number of hydrogen-bond acceptors (Lipinski definition) is 15. The summed E-state index contributed by atoms with van der Waals surface area (Å²) in [5.41, 5.74) is 0. The number of unbranched alkanes of at least 4 members (excludes halogenated alkanes) is 39. The number of ether oxygens (including phenoxy) is 4. The van der Waals surface area contributed by atoms with E-state index in [0.717, 1.165) is 108 Å². The Morgan fingerprint density at radius 3 is 0.764 bits per heavy atom. The van der Waals surface area contributed by atoms with E-state index in [1.807, 2.05) is 0 Å². The maximum Gasteiger partial charge on any atom is 0.472 e. The monoisotopic (exact) mass is 1310 g/mol. The Morgan fingerprint density at radius 1 is 0.303 bits per heavy atom. The molecular weight excluding hydrogens is 1170 g/mol. The van der Waals surface area contributed by atoms with E-state index in [1.165, 1.54) is 167 Å². The number of esters is 4. The molecule has 0 saturated carbocycles. The van der Waals surface area contributed by atoms with E-state index in [-0.39, 0.29) is 25.7 Å².